The second-order valence-corrected chi connectivity index (χ2v) is 10.0. The molecule has 0 spiro atoms. The Hall–Kier alpha value is -3.50. The molecule has 1 aliphatic carbocycles. The van der Waals surface area contributed by atoms with Crippen molar-refractivity contribution in [3.05, 3.63) is 82.9 Å². The van der Waals surface area contributed by atoms with Gasteiger partial charge in [-0.1, -0.05) is 41.9 Å². The smallest absolute Gasteiger partial charge is 0.142 e. The van der Waals surface area contributed by atoms with Crippen LogP contribution in [0.4, 0.5) is 11.5 Å². The molecule has 188 valence electrons. The van der Waals surface area contributed by atoms with Gasteiger partial charge in [0.05, 0.1) is 29.8 Å². The summed E-state index contributed by atoms with van der Waals surface area (Å²) in [7, 11) is 1.51. The number of nitrogens with zero attached hydrogens (tertiary/aromatic N) is 4. The van der Waals surface area contributed by atoms with Gasteiger partial charge in [-0.2, -0.15) is 5.10 Å². The lowest BCUT2D eigenvalue weighted by molar-refractivity contribution is -0.273. The number of hydrogen-bond acceptors (Lipinski definition) is 8. The lowest BCUT2D eigenvalue weighted by Gasteiger charge is -2.13. The van der Waals surface area contributed by atoms with Crippen LogP contribution in [-0.2, 0) is 35.8 Å². The summed E-state index contributed by atoms with van der Waals surface area (Å²) in [5.74, 6) is 1.40. The van der Waals surface area contributed by atoms with E-state index in [4.69, 9.17) is 31.2 Å². The van der Waals surface area contributed by atoms with Crippen LogP contribution in [0.15, 0.2) is 61.1 Å². The van der Waals surface area contributed by atoms with E-state index in [1.165, 1.54) is 17.6 Å². The van der Waals surface area contributed by atoms with Crippen molar-refractivity contribution in [2.24, 2.45) is 0 Å². The van der Waals surface area contributed by atoms with Crippen molar-refractivity contribution in [2.45, 2.75) is 26.0 Å². The normalized spacial score (nSPS) is 12.4. The highest BCUT2D eigenvalue weighted by Crippen LogP contribution is 2.45. The zero-order valence-corrected chi connectivity index (χ0v) is 21.7. The van der Waals surface area contributed by atoms with E-state index in [1.807, 2.05) is 53.2 Å². The molecule has 0 atom stereocenters. The topological polar surface area (TPSA) is 83.3 Å². The fourth-order valence-electron chi connectivity index (χ4n) is 4.52. The Kier molecular flexibility index (Phi) is 6.75. The number of hydrogen-bond donors (Lipinski definition) is 1. The molecule has 0 amide bonds. The van der Waals surface area contributed by atoms with Gasteiger partial charge in [0.15, 0.2) is 0 Å². The van der Waals surface area contributed by atoms with Crippen LogP contribution in [0.2, 0.25) is 5.02 Å². The molecule has 1 N–H and O–H groups in total. The zero-order valence-electron chi connectivity index (χ0n) is 20.1. The van der Waals surface area contributed by atoms with Crippen molar-refractivity contribution in [2.75, 3.05) is 19.0 Å². The predicted octanol–water partition coefficient (Wildman–Crippen LogP) is 6.21. The maximum atomic E-state index is 6.56. The van der Waals surface area contributed by atoms with Gasteiger partial charge in [-0.15, -0.1) is 11.3 Å². The summed E-state index contributed by atoms with van der Waals surface area (Å²) in [4.78, 5) is 21.0. The minimum Gasteiger partial charge on any atom is -0.487 e. The van der Waals surface area contributed by atoms with E-state index in [2.05, 4.69) is 21.5 Å². The Morgan fingerprint density at radius 1 is 1.11 bits per heavy atom. The van der Waals surface area contributed by atoms with Gasteiger partial charge in [-0.25, -0.2) is 19.7 Å². The third-order valence-electron chi connectivity index (χ3n) is 6.24. The first-order valence-corrected chi connectivity index (χ1v) is 13.1. The van der Waals surface area contributed by atoms with Gasteiger partial charge >= 0.3 is 0 Å². The summed E-state index contributed by atoms with van der Waals surface area (Å²) in [5.41, 5.74) is 5.41. The Balaban J connectivity index is 1.25. The molecule has 0 fully saturated rings. The first-order valence-electron chi connectivity index (χ1n) is 11.9. The average molecular weight is 534 g/mol. The molecule has 0 unspecified atom stereocenters. The molecule has 0 saturated carbocycles. The molecule has 2 aromatic carbocycles. The minimum atomic E-state index is 0.439. The number of anilines is 2. The Bertz CT molecular complexity index is 1550. The summed E-state index contributed by atoms with van der Waals surface area (Å²) >= 11 is 8.23. The highest BCUT2D eigenvalue weighted by atomic mass is 35.5. The summed E-state index contributed by atoms with van der Waals surface area (Å²) in [6.07, 6.45) is 5.41. The van der Waals surface area contributed by atoms with Crippen molar-refractivity contribution in [3.8, 4) is 16.2 Å². The largest absolute Gasteiger partial charge is 0.487 e. The summed E-state index contributed by atoms with van der Waals surface area (Å²) < 4.78 is 7.83. The number of aromatic nitrogens is 4. The molecule has 5 aromatic rings. The molecule has 1 aliphatic rings. The van der Waals surface area contributed by atoms with Crippen LogP contribution >= 0.6 is 22.9 Å². The third kappa shape index (κ3) is 4.91. The highest BCUT2D eigenvalue weighted by Gasteiger charge is 2.26. The molecular formula is C27H24ClN5O3S. The SMILES string of the molecule is COOCCn1cc2c(n1)CCc1c-2sc2ncnc(Nc3ccc(OCc4ccccc4)c(Cl)c3)c12. The fourth-order valence-corrected chi connectivity index (χ4v) is 5.97. The van der Waals surface area contributed by atoms with Crippen molar-refractivity contribution < 1.29 is 14.5 Å². The number of halogens is 1. The van der Waals surface area contributed by atoms with Crippen LogP contribution in [0.5, 0.6) is 5.75 Å². The van der Waals surface area contributed by atoms with E-state index in [0.717, 1.165) is 51.4 Å². The van der Waals surface area contributed by atoms with Crippen LogP contribution in [0.1, 0.15) is 16.8 Å². The summed E-state index contributed by atoms with van der Waals surface area (Å²) in [6.45, 7) is 1.52. The Morgan fingerprint density at radius 3 is 2.84 bits per heavy atom. The third-order valence-corrected chi connectivity index (χ3v) is 7.70. The van der Waals surface area contributed by atoms with Gasteiger partial charge in [-0.3, -0.25) is 4.68 Å². The van der Waals surface area contributed by atoms with E-state index < -0.39 is 0 Å². The van der Waals surface area contributed by atoms with Gasteiger partial charge in [0.25, 0.3) is 0 Å². The lowest BCUT2D eigenvalue weighted by atomic mass is 9.95. The van der Waals surface area contributed by atoms with Gasteiger partial charge < -0.3 is 10.1 Å². The van der Waals surface area contributed by atoms with Crippen LogP contribution in [0, 0.1) is 0 Å². The molecular weight excluding hydrogens is 510 g/mol. The zero-order chi connectivity index (χ0) is 25.2. The Labute approximate surface area is 222 Å². The molecule has 8 nitrogen and oxygen atoms in total. The number of ether oxygens (including phenoxy) is 1. The van der Waals surface area contributed by atoms with Gasteiger partial charge in [0.2, 0.25) is 0 Å². The van der Waals surface area contributed by atoms with E-state index in [-0.39, 0.29) is 0 Å². The molecule has 10 heteroatoms. The van der Waals surface area contributed by atoms with E-state index in [1.54, 1.807) is 17.7 Å². The first-order chi connectivity index (χ1) is 18.2. The summed E-state index contributed by atoms with van der Waals surface area (Å²) in [6, 6.07) is 15.7. The lowest BCUT2D eigenvalue weighted by Crippen LogP contribution is -2.06. The quantitative estimate of drug-likeness (QED) is 0.137. The van der Waals surface area contributed by atoms with E-state index >= 15 is 0 Å². The number of benzene rings is 2. The second-order valence-electron chi connectivity index (χ2n) is 8.60. The molecule has 3 aromatic heterocycles. The number of nitrogens with one attached hydrogen (secondary N) is 1. The van der Waals surface area contributed by atoms with Gasteiger partial charge in [-0.05, 0) is 42.2 Å². The van der Waals surface area contributed by atoms with Crippen LogP contribution < -0.4 is 10.1 Å². The molecule has 6 rings (SSSR count). The van der Waals surface area contributed by atoms with Crippen molar-refractivity contribution in [1.29, 1.82) is 0 Å². The maximum Gasteiger partial charge on any atom is 0.142 e. The van der Waals surface area contributed by atoms with E-state index in [9.17, 15) is 0 Å². The highest BCUT2D eigenvalue weighted by molar-refractivity contribution is 7.22. The van der Waals surface area contributed by atoms with Crippen LogP contribution in [0.25, 0.3) is 20.7 Å². The number of rotatable bonds is 9. The van der Waals surface area contributed by atoms with Crippen LogP contribution in [0.3, 0.4) is 0 Å². The van der Waals surface area contributed by atoms with Crippen molar-refractivity contribution in [1.82, 2.24) is 19.7 Å². The van der Waals surface area contributed by atoms with Crippen molar-refractivity contribution in [3.63, 3.8) is 0 Å². The van der Waals surface area contributed by atoms with E-state index in [0.29, 0.717) is 30.5 Å². The predicted molar refractivity (Wildman–Crippen MR) is 145 cm³/mol. The standard InChI is InChI=1S/C27H24ClN5O3S/c1-34-36-12-11-33-14-20-22(32-33)9-8-19-24-26(29-16-30-27(24)37-25(19)20)31-18-7-10-23(21(28)13-18)35-15-17-5-3-2-4-6-17/h2-7,10,13-14,16H,8-9,11-12,15H2,1H3,(H,29,30,31). The molecule has 3 heterocycles. The molecule has 0 bridgehead atoms. The Morgan fingerprint density at radius 2 is 2.00 bits per heavy atom. The van der Waals surface area contributed by atoms with Gasteiger partial charge in [0.1, 0.15) is 35.9 Å². The second kappa shape index (κ2) is 10.5. The monoisotopic (exact) mass is 533 g/mol. The van der Waals surface area contributed by atoms with Gasteiger partial charge in [0, 0.05) is 22.3 Å². The fraction of sp³-hybridized carbons (Fsp3) is 0.222. The van der Waals surface area contributed by atoms with Crippen molar-refractivity contribution >= 4 is 44.7 Å². The molecule has 0 saturated heterocycles. The number of fused-ring (bicyclic) bond motifs is 5. The average Bonchev–Trinajstić information content (AvgIpc) is 3.50. The minimum absolute atomic E-state index is 0.439. The van der Waals surface area contributed by atoms with Crippen LogP contribution in [-0.4, -0.2) is 33.5 Å². The molecule has 0 radical (unpaired) electrons. The summed E-state index contributed by atoms with van der Waals surface area (Å²) in [5, 5.41) is 9.78. The first kappa shape index (κ1) is 23.9. The number of aryl methyl sites for hydroxylation is 2. The maximum absolute atomic E-state index is 6.56. The number of thiophene rings is 1. The molecule has 0 aliphatic heterocycles. The molecule has 37 heavy (non-hydrogen) atoms.